The maximum Gasteiger partial charge on any atom is 0.270 e. The van der Waals surface area contributed by atoms with Crippen molar-refractivity contribution in [3.05, 3.63) is 62.6 Å². The van der Waals surface area contributed by atoms with E-state index >= 15 is 0 Å². The molecule has 0 radical (unpaired) electrons. The molecule has 2 aromatic rings. The molecule has 1 aliphatic rings. The quantitative estimate of drug-likeness (QED) is 0.365. The second-order valence-electron chi connectivity index (χ2n) is 6.69. The number of rotatable bonds is 7. The highest BCUT2D eigenvalue weighted by atomic mass is 79.9. The molecule has 2 aromatic carbocycles. The van der Waals surface area contributed by atoms with Gasteiger partial charge in [-0.1, -0.05) is 6.42 Å². The first-order valence-electron chi connectivity index (χ1n) is 9.10. The van der Waals surface area contributed by atoms with Gasteiger partial charge in [0.15, 0.2) is 5.78 Å². The topological polar surface area (TPSA) is 110 Å². The van der Waals surface area contributed by atoms with Crippen molar-refractivity contribution in [3.8, 4) is 0 Å². The summed E-state index contributed by atoms with van der Waals surface area (Å²) in [5.41, 5.74) is 0.876. The van der Waals surface area contributed by atoms with Crippen LogP contribution in [0.25, 0.3) is 0 Å². The average Bonchev–Trinajstić information content (AvgIpc) is 2.73. The van der Waals surface area contributed by atoms with Gasteiger partial charge in [0.25, 0.3) is 5.69 Å². The Hall–Kier alpha value is -2.30. The second-order valence-corrected chi connectivity index (χ2v) is 9.48. The van der Waals surface area contributed by atoms with Crippen LogP contribution >= 0.6 is 15.9 Å². The van der Waals surface area contributed by atoms with Crippen LogP contribution in [0.2, 0.25) is 0 Å². The van der Waals surface area contributed by atoms with Gasteiger partial charge in [-0.15, -0.1) is 0 Å². The van der Waals surface area contributed by atoms with Gasteiger partial charge in [-0.2, -0.15) is 4.31 Å². The highest BCUT2D eigenvalue weighted by Crippen LogP contribution is 2.27. The molecule has 0 saturated carbocycles. The summed E-state index contributed by atoms with van der Waals surface area (Å²) in [7, 11) is -3.53. The Labute approximate surface area is 177 Å². The Balaban J connectivity index is 1.65. The van der Waals surface area contributed by atoms with Gasteiger partial charge < -0.3 is 5.32 Å². The van der Waals surface area contributed by atoms with E-state index in [-0.39, 0.29) is 22.9 Å². The van der Waals surface area contributed by atoms with Crippen molar-refractivity contribution in [1.82, 2.24) is 4.31 Å². The summed E-state index contributed by atoms with van der Waals surface area (Å²) in [5.74, 6) is -0.225. The minimum atomic E-state index is -3.53. The van der Waals surface area contributed by atoms with Gasteiger partial charge in [0.2, 0.25) is 10.0 Å². The number of piperidine rings is 1. The fraction of sp³-hybridized carbons (Fsp3) is 0.316. The van der Waals surface area contributed by atoms with E-state index < -0.39 is 14.9 Å². The lowest BCUT2D eigenvalue weighted by atomic mass is 10.1. The normalized spacial score (nSPS) is 15.1. The molecule has 0 unspecified atom stereocenters. The molecule has 1 saturated heterocycles. The summed E-state index contributed by atoms with van der Waals surface area (Å²) in [4.78, 5) is 22.9. The van der Waals surface area contributed by atoms with E-state index in [1.54, 1.807) is 0 Å². The van der Waals surface area contributed by atoms with E-state index in [9.17, 15) is 23.3 Å². The highest BCUT2D eigenvalue weighted by molar-refractivity contribution is 9.10. The van der Waals surface area contributed by atoms with E-state index in [2.05, 4.69) is 21.2 Å². The molecule has 1 N–H and O–H groups in total. The average molecular weight is 482 g/mol. The maximum atomic E-state index is 12.7. The predicted molar refractivity (Wildman–Crippen MR) is 113 cm³/mol. The molecule has 1 fully saturated rings. The number of nitro groups is 1. The number of anilines is 1. The van der Waals surface area contributed by atoms with Crippen molar-refractivity contribution in [2.45, 2.75) is 24.2 Å². The number of nitrogens with zero attached hydrogens (tertiary/aromatic N) is 2. The zero-order valence-corrected chi connectivity index (χ0v) is 17.9. The minimum Gasteiger partial charge on any atom is -0.377 e. The standard InChI is InChI=1S/C19H20BrN3O5S/c20-17-12-15(23(25)26)6-9-18(17)21-13-19(24)14-4-7-16(8-5-14)29(27,28)22-10-2-1-3-11-22/h4-9,12,21H,1-3,10-11,13H2. The molecular formula is C19H20BrN3O5S. The molecule has 1 heterocycles. The first-order chi connectivity index (χ1) is 13.8. The number of benzene rings is 2. The molecule has 154 valence electrons. The Kier molecular flexibility index (Phi) is 6.66. The third-order valence-electron chi connectivity index (χ3n) is 4.73. The largest absolute Gasteiger partial charge is 0.377 e. The summed E-state index contributed by atoms with van der Waals surface area (Å²) in [5, 5.41) is 13.7. The van der Waals surface area contributed by atoms with Crippen molar-refractivity contribution in [1.29, 1.82) is 0 Å². The summed E-state index contributed by atoms with van der Waals surface area (Å²) in [6, 6.07) is 10.1. The molecule has 10 heteroatoms. The SMILES string of the molecule is O=C(CNc1ccc([N+](=O)[O-])cc1Br)c1ccc(S(=O)(=O)N2CCCCC2)cc1. The molecule has 0 atom stereocenters. The first kappa shape index (κ1) is 21.4. The van der Waals surface area contributed by atoms with Crippen molar-refractivity contribution >= 4 is 43.1 Å². The molecule has 0 aliphatic carbocycles. The molecule has 8 nitrogen and oxygen atoms in total. The lowest BCUT2D eigenvalue weighted by Gasteiger charge is -2.25. The second kappa shape index (κ2) is 9.02. The van der Waals surface area contributed by atoms with E-state index in [0.29, 0.717) is 28.8 Å². The number of ketones is 1. The number of halogens is 1. The number of sulfonamides is 1. The monoisotopic (exact) mass is 481 g/mol. The van der Waals surface area contributed by atoms with Gasteiger partial charge in [-0.05, 0) is 59.1 Å². The van der Waals surface area contributed by atoms with Crippen LogP contribution in [0.15, 0.2) is 51.8 Å². The summed E-state index contributed by atoms with van der Waals surface area (Å²) >= 11 is 3.24. The number of hydrogen-bond donors (Lipinski definition) is 1. The van der Waals surface area contributed by atoms with Crippen LogP contribution in [0.3, 0.4) is 0 Å². The molecule has 0 bridgehead atoms. The van der Waals surface area contributed by atoms with Crippen LogP contribution in [0.5, 0.6) is 0 Å². The van der Waals surface area contributed by atoms with Crippen molar-refractivity contribution < 1.29 is 18.1 Å². The van der Waals surface area contributed by atoms with E-state index in [1.165, 1.54) is 46.8 Å². The van der Waals surface area contributed by atoms with Crippen LogP contribution < -0.4 is 5.32 Å². The minimum absolute atomic E-state index is 0.0331. The number of non-ortho nitro benzene ring substituents is 1. The first-order valence-corrected chi connectivity index (χ1v) is 11.3. The molecule has 29 heavy (non-hydrogen) atoms. The Morgan fingerprint density at radius 3 is 2.34 bits per heavy atom. The van der Waals surface area contributed by atoms with Crippen LogP contribution in [0, 0.1) is 10.1 Å². The molecule has 0 aromatic heterocycles. The zero-order chi connectivity index (χ0) is 21.0. The van der Waals surface area contributed by atoms with Gasteiger partial charge in [0, 0.05) is 40.9 Å². The van der Waals surface area contributed by atoms with Crippen LogP contribution in [0.1, 0.15) is 29.6 Å². The Bertz CT molecular complexity index is 1020. The van der Waals surface area contributed by atoms with Gasteiger partial charge in [0.1, 0.15) is 0 Å². The van der Waals surface area contributed by atoms with Gasteiger partial charge in [-0.3, -0.25) is 14.9 Å². The van der Waals surface area contributed by atoms with Crippen molar-refractivity contribution in [2.75, 3.05) is 25.0 Å². The van der Waals surface area contributed by atoms with E-state index in [4.69, 9.17) is 0 Å². The van der Waals surface area contributed by atoms with Crippen molar-refractivity contribution in [2.24, 2.45) is 0 Å². The molecule has 0 amide bonds. The summed E-state index contributed by atoms with van der Waals surface area (Å²) in [6.45, 7) is 1.02. The highest BCUT2D eigenvalue weighted by Gasteiger charge is 2.25. The number of Topliss-reactive ketones (excluding diaryl/α,β-unsaturated/α-hetero) is 1. The summed E-state index contributed by atoms with van der Waals surface area (Å²) < 4.78 is 27.3. The third kappa shape index (κ3) is 5.01. The molecule has 1 aliphatic heterocycles. The van der Waals surface area contributed by atoms with Crippen LogP contribution in [-0.2, 0) is 10.0 Å². The maximum absolute atomic E-state index is 12.7. The molecule has 3 rings (SSSR count). The van der Waals surface area contributed by atoms with Crippen LogP contribution in [-0.4, -0.2) is 43.1 Å². The smallest absolute Gasteiger partial charge is 0.270 e. The number of hydrogen-bond acceptors (Lipinski definition) is 6. The van der Waals surface area contributed by atoms with Crippen molar-refractivity contribution in [3.63, 3.8) is 0 Å². The summed E-state index contributed by atoms with van der Waals surface area (Å²) in [6.07, 6.45) is 2.76. The third-order valence-corrected chi connectivity index (χ3v) is 7.30. The number of carbonyl (C=O) groups excluding carboxylic acids is 1. The zero-order valence-electron chi connectivity index (χ0n) is 15.5. The van der Waals surface area contributed by atoms with Gasteiger partial charge in [0.05, 0.1) is 16.4 Å². The molecule has 0 spiro atoms. The molecular weight excluding hydrogens is 462 g/mol. The predicted octanol–water partition coefficient (Wildman–Crippen LogP) is 3.83. The van der Waals surface area contributed by atoms with E-state index in [1.807, 2.05) is 0 Å². The van der Waals surface area contributed by atoms with E-state index in [0.717, 1.165) is 19.3 Å². The Morgan fingerprint density at radius 2 is 1.76 bits per heavy atom. The number of nitro benzene ring substituents is 1. The fourth-order valence-corrected chi connectivity index (χ4v) is 5.13. The lowest BCUT2D eigenvalue weighted by Crippen LogP contribution is -2.35. The Morgan fingerprint density at radius 1 is 1.10 bits per heavy atom. The van der Waals surface area contributed by atoms with Gasteiger partial charge in [-0.25, -0.2) is 8.42 Å². The number of carbonyl (C=O) groups is 1. The fourth-order valence-electron chi connectivity index (χ4n) is 3.11. The number of nitrogens with one attached hydrogen (secondary N) is 1. The van der Waals surface area contributed by atoms with Crippen LogP contribution in [0.4, 0.5) is 11.4 Å². The van der Waals surface area contributed by atoms with Gasteiger partial charge >= 0.3 is 0 Å². The lowest BCUT2D eigenvalue weighted by molar-refractivity contribution is -0.384.